The predicted molar refractivity (Wildman–Crippen MR) is 86.9 cm³/mol. The first kappa shape index (κ1) is 17.4. The van der Waals surface area contributed by atoms with E-state index >= 15 is 0 Å². The van der Waals surface area contributed by atoms with E-state index in [1.54, 1.807) is 36.4 Å². The summed E-state index contributed by atoms with van der Waals surface area (Å²) < 4.78 is 5.07. The summed E-state index contributed by atoms with van der Waals surface area (Å²) in [5, 5.41) is 17.1. The lowest BCUT2D eigenvalue weighted by atomic mass is 10.1. The van der Waals surface area contributed by atoms with Gasteiger partial charge in [-0.05, 0) is 29.8 Å². The molecule has 0 unspecified atom stereocenters. The van der Waals surface area contributed by atoms with E-state index in [2.05, 4.69) is 16.0 Å². The van der Waals surface area contributed by atoms with Crippen molar-refractivity contribution in [2.75, 3.05) is 6.54 Å². The summed E-state index contributed by atoms with van der Waals surface area (Å²) in [6.07, 6.45) is 1.50. The van der Waals surface area contributed by atoms with Crippen molar-refractivity contribution in [3.63, 3.8) is 0 Å². The third-order valence-corrected chi connectivity index (χ3v) is 3.26. The van der Waals surface area contributed by atoms with E-state index in [-0.39, 0.29) is 13.1 Å². The van der Waals surface area contributed by atoms with E-state index in [4.69, 9.17) is 21.3 Å². The second-order valence-corrected chi connectivity index (χ2v) is 5.24. The number of hydrogen-bond donors (Lipinski definition) is 3. The van der Waals surface area contributed by atoms with Crippen LogP contribution in [0, 0.1) is 11.3 Å². The van der Waals surface area contributed by atoms with Crippen molar-refractivity contribution in [2.24, 2.45) is 0 Å². The van der Waals surface area contributed by atoms with Crippen LogP contribution in [0.1, 0.15) is 17.4 Å². The number of amides is 3. The molecular formula is C16H15ClN4O3. The second-order valence-electron chi connectivity index (χ2n) is 4.80. The molecule has 7 nitrogen and oxygen atoms in total. The molecule has 0 aliphatic heterocycles. The van der Waals surface area contributed by atoms with Crippen molar-refractivity contribution >= 4 is 23.5 Å². The molecule has 0 spiro atoms. The van der Waals surface area contributed by atoms with E-state index in [1.165, 1.54) is 6.26 Å². The van der Waals surface area contributed by atoms with Crippen LogP contribution in [0.5, 0.6) is 0 Å². The summed E-state index contributed by atoms with van der Waals surface area (Å²) in [5.74, 6) is 0.106. The van der Waals surface area contributed by atoms with Crippen molar-refractivity contribution < 1.29 is 14.0 Å². The van der Waals surface area contributed by atoms with Gasteiger partial charge in [0.25, 0.3) is 0 Å². The van der Waals surface area contributed by atoms with Crippen LogP contribution in [-0.2, 0) is 11.3 Å². The largest absolute Gasteiger partial charge is 0.467 e. The predicted octanol–water partition coefficient (Wildman–Crippen LogP) is 2.11. The third kappa shape index (κ3) is 5.34. The molecule has 2 rings (SSSR count). The minimum atomic E-state index is -0.843. The number of rotatable bonds is 6. The zero-order chi connectivity index (χ0) is 17.4. The lowest BCUT2D eigenvalue weighted by Crippen LogP contribution is -2.42. The Hall–Kier alpha value is -2.98. The fourth-order valence-corrected chi connectivity index (χ4v) is 2.09. The molecule has 0 radical (unpaired) electrons. The van der Waals surface area contributed by atoms with Crippen molar-refractivity contribution in [3.05, 3.63) is 59.0 Å². The molecule has 0 saturated heterocycles. The van der Waals surface area contributed by atoms with E-state index in [0.717, 1.165) is 0 Å². The molecule has 2 aromatic rings. The maximum absolute atomic E-state index is 11.9. The van der Waals surface area contributed by atoms with Crippen LogP contribution in [0.25, 0.3) is 0 Å². The van der Waals surface area contributed by atoms with Crippen molar-refractivity contribution in [2.45, 2.75) is 12.6 Å². The second kappa shape index (κ2) is 8.60. The van der Waals surface area contributed by atoms with Gasteiger partial charge in [0.1, 0.15) is 11.8 Å². The van der Waals surface area contributed by atoms with Gasteiger partial charge in [0.15, 0.2) is 0 Å². The average molecular weight is 347 g/mol. The number of nitriles is 1. The summed E-state index contributed by atoms with van der Waals surface area (Å²) in [6, 6.07) is 10.7. The van der Waals surface area contributed by atoms with Crippen molar-refractivity contribution in [1.82, 2.24) is 16.0 Å². The molecule has 24 heavy (non-hydrogen) atoms. The summed E-state index contributed by atoms with van der Waals surface area (Å²) in [6.45, 7) is -0.0491. The lowest BCUT2D eigenvalue weighted by Gasteiger charge is -2.13. The van der Waals surface area contributed by atoms with Gasteiger partial charge in [-0.15, -0.1) is 0 Å². The smallest absolute Gasteiger partial charge is 0.315 e. The number of halogens is 1. The first-order chi connectivity index (χ1) is 11.6. The van der Waals surface area contributed by atoms with Crippen LogP contribution in [0.15, 0.2) is 47.1 Å². The van der Waals surface area contributed by atoms with Crippen LogP contribution in [0.2, 0.25) is 5.02 Å². The first-order valence-electron chi connectivity index (χ1n) is 7.07. The summed E-state index contributed by atoms with van der Waals surface area (Å²) in [7, 11) is 0. The Morgan fingerprint density at radius 2 is 2.08 bits per heavy atom. The Morgan fingerprint density at radius 1 is 1.25 bits per heavy atom. The van der Waals surface area contributed by atoms with Gasteiger partial charge < -0.3 is 20.4 Å². The van der Waals surface area contributed by atoms with E-state index in [1.807, 2.05) is 6.07 Å². The standard InChI is InChI=1S/C16H15ClN4O3/c17-12-4-1-3-11(7-12)14(8-18)21-15(22)10-20-16(23)19-9-13-5-2-6-24-13/h1-7,14H,9-10H2,(H,21,22)(H2,19,20,23)/t14-/m1/s1. The van der Waals surface area contributed by atoms with Crippen molar-refractivity contribution in [1.29, 1.82) is 5.26 Å². The van der Waals surface area contributed by atoms with Crippen LogP contribution in [-0.4, -0.2) is 18.5 Å². The molecule has 1 aromatic heterocycles. The van der Waals surface area contributed by atoms with Gasteiger partial charge >= 0.3 is 6.03 Å². The monoisotopic (exact) mass is 346 g/mol. The number of nitrogens with one attached hydrogen (secondary N) is 3. The minimum Gasteiger partial charge on any atom is -0.467 e. The molecule has 0 aliphatic rings. The zero-order valence-electron chi connectivity index (χ0n) is 12.6. The molecule has 8 heteroatoms. The van der Waals surface area contributed by atoms with Gasteiger partial charge in [0, 0.05) is 5.02 Å². The topological polar surface area (TPSA) is 107 Å². The third-order valence-electron chi connectivity index (χ3n) is 3.03. The highest BCUT2D eigenvalue weighted by Gasteiger charge is 2.14. The SMILES string of the molecule is N#C[C@@H](NC(=O)CNC(=O)NCc1ccco1)c1cccc(Cl)c1. The molecule has 1 aromatic carbocycles. The molecule has 3 amide bonds. The Labute approximate surface area is 143 Å². The molecule has 0 fully saturated rings. The van der Waals surface area contributed by atoms with E-state index < -0.39 is 18.0 Å². The molecule has 3 N–H and O–H groups in total. The fraction of sp³-hybridized carbons (Fsp3) is 0.188. The van der Waals surface area contributed by atoms with Crippen LogP contribution in [0.3, 0.4) is 0 Å². The van der Waals surface area contributed by atoms with Crippen LogP contribution < -0.4 is 16.0 Å². The van der Waals surface area contributed by atoms with Gasteiger partial charge in [-0.1, -0.05) is 23.7 Å². The number of carbonyl (C=O) groups is 2. The fourth-order valence-electron chi connectivity index (χ4n) is 1.89. The lowest BCUT2D eigenvalue weighted by molar-refractivity contribution is -0.120. The van der Waals surface area contributed by atoms with Gasteiger partial charge in [-0.3, -0.25) is 4.79 Å². The quantitative estimate of drug-likeness (QED) is 0.744. The number of hydrogen-bond acceptors (Lipinski definition) is 4. The van der Waals surface area contributed by atoms with Crippen molar-refractivity contribution in [3.8, 4) is 6.07 Å². The molecule has 1 heterocycles. The molecule has 0 bridgehead atoms. The minimum absolute atomic E-state index is 0.212. The van der Waals surface area contributed by atoms with Gasteiger partial charge in [0.05, 0.1) is 25.4 Å². The normalized spacial score (nSPS) is 11.2. The maximum atomic E-state index is 11.9. The number of benzene rings is 1. The first-order valence-corrected chi connectivity index (χ1v) is 7.45. The molecule has 124 valence electrons. The molecule has 0 aliphatic carbocycles. The number of nitrogens with zero attached hydrogens (tertiary/aromatic N) is 1. The molecular weight excluding hydrogens is 332 g/mol. The number of furan rings is 1. The summed E-state index contributed by atoms with van der Waals surface area (Å²) >= 11 is 5.87. The van der Waals surface area contributed by atoms with Gasteiger partial charge in [-0.25, -0.2) is 4.79 Å². The van der Waals surface area contributed by atoms with Gasteiger partial charge in [-0.2, -0.15) is 5.26 Å². The highest BCUT2D eigenvalue weighted by atomic mass is 35.5. The Bertz CT molecular complexity index is 740. The number of carbonyl (C=O) groups excluding carboxylic acids is 2. The van der Waals surface area contributed by atoms with Gasteiger partial charge in [0.2, 0.25) is 5.91 Å². The Balaban J connectivity index is 1.77. The molecule has 0 saturated carbocycles. The van der Waals surface area contributed by atoms with E-state index in [0.29, 0.717) is 16.3 Å². The summed E-state index contributed by atoms with van der Waals surface area (Å²) in [4.78, 5) is 23.4. The van der Waals surface area contributed by atoms with Crippen LogP contribution >= 0.6 is 11.6 Å². The average Bonchev–Trinajstić information content (AvgIpc) is 3.09. The Kier molecular flexibility index (Phi) is 6.23. The molecule has 1 atom stereocenters. The van der Waals surface area contributed by atoms with E-state index in [9.17, 15) is 9.59 Å². The highest BCUT2D eigenvalue weighted by Crippen LogP contribution is 2.17. The number of urea groups is 1. The maximum Gasteiger partial charge on any atom is 0.315 e. The van der Waals surface area contributed by atoms with Crippen LogP contribution in [0.4, 0.5) is 4.79 Å². The Morgan fingerprint density at radius 3 is 2.75 bits per heavy atom. The summed E-state index contributed by atoms with van der Waals surface area (Å²) in [5.41, 5.74) is 0.570. The highest BCUT2D eigenvalue weighted by molar-refractivity contribution is 6.30. The zero-order valence-corrected chi connectivity index (χ0v) is 13.3.